The molecule has 0 unspecified atom stereocenters. The Balaban J connectivity index is 1.51. The lowest BCUT2D eigenvalue weighted by molar-refractivity contribution is 0.590. The van der Waals surface area contributed by atoms with E-state index in [1.165, 1.54) is 28.0 Å². The maximum Gasteiger partial charge on any atom is 0.140 e. The lowest BCUT2D eigenvalue weighted by Crippen LogP contribution is -2.13. The molecule has 0 saturated heterocycles. The zero-order valence-electron chi connectivity index (χ0n) is 28.7. The Bertz CT molecular complexity index is 2270. The van der Waals surface area contributed by atoms with Gasteiger partial charge in [-0.3, -0.25) is 0 Å². The van der Waals surface area contributed by atoms with E-state index in [9.17, 15) is 0 Å². The summed E-state index contributed by atoms with van der Waals surface area (Å²) in [6.45, 7) is 13.6. The third-order valence-electron chi connectivity index (χ3n) is 9.29. The van der Waals surface area contributed by atoms with Crippen LogP contribution in [-0.2, 0) is 10.8 Å². The second kappa shape index (κ2) is 12.5. The van der Waals surface area contributed by atoms with Gasteiger partial charge >= 0.3 is 0 Å². The van der Waals surface area contributed by atoms with Crippen molar-refractivity contribution in [2.45, 2.75) is 52.4 Å². The number of benzene rings is 6. The summed E-state index contributed by atoms with van der Waals surface area (Å²) in [4.78, 5) is 2.09. The number of halogens is 3. The first-order chi connectivity index (χ1) is 23.3. The molecule has 0 saturated carbocycles. The van der Waals surface area contributed by atoms with Crippen LogP contribution in [0.3, 0.4) is 0 Å². The van der Waals surface area contributed by atoms with E-state index in [0.29, 0.717) is 15.2 Å². The van der Waals surface area contributed by atoms with Gasteiger partial charge in [0.1, 0.15) is 5.82 Å². The van der Waals surface area contributed by atoms with Gasteiger partial charge in [-0.2, -0.15) is 0 Å². The van der Waals surface area contributed by atoms with Crippen LogP contribution >= 0.6 is 27.5 Å². The Kier molecular flexibility index (Phi) is 8.45. The summed E-state index contributed by atoms with van der Waals surface area (Å²) in [6.07, 6.45) is 0. The van der Waals surface area contributed by atoms with Crippen molar-refractivity contribution in [3.8, 4) is 16.8 Å². The van der Waals surface area contributed by atoms with Crippen molar-refractivity contribution in [3.63, 3.8) is 0 Å². The quantitative estimate of drug-likeness (QED) is 0.160. The van der Waals surface area contributed by atoms with Gasteiger partial charge < -0.3 is 9.47 Å². The number of hydrogen-bond donors (Lipinski definition) is 0. The highest BCUT2D eigenvalue weighted by Gasteiger charge is 2.24. The fourth-order valence-corrected chi connectivity index (χ4v) is 7.25. The van der Waals surface area contributed by atoms with Gasteiger partial charge in [-0.05, 0) is 104 Å². The summed E-state index contributed by atoms with van der Waals surface area (Å²) >= 11 is 10.1. The zero-order chi connectivity index (χ0) is 34.7. The molecule has 0 fully saturated rings. The largest absolute Gasteiger partial charge is 0.309 e. The van der Waals surface area contributed by atoms with Crippen molar-refractivity contribution < 1.29 is 4.39 Å². The van der Waals surface area contributed by atoms with Crippen LogP contribution < -0.4 is 4.90 Å². The topological polar surface area (TPSA) is 8.17 Å². The van der Waals surface area contributed by atoms with E-state index >= 15 is 4.39 Å². The van der Waals surface area contributed by atoms with Crippen LogP contribution in [0.5, 0.6) is 0 Å². The van der Waals surface area contributed by atoms with Crippen LogP contribution in [0, 0.1) is 5.82 Å². The van der Waals surface area contributed by atoms with E-state index in [1.807, 2.05) is 36.4 Å². The van der Waals surface area contributed by atoms with Crippen LogP contribution in [0.25, 0.3) is 38.6 Å². The van der Waals surface area contributed by atoms with Gasteiger partial charge in [0.2, 0.25) is 0 Å². The molecule has 0 aliphatic heterocycles. The molecule has 1 heterocycles. The Labute approximate surface area is 301 Å². The summed E-state index contributed by atoms with van der Waals surface area (Å²) in [5, 5.41) is 2.77. The average molecular weight is 730 g/mol. The number of anilines is 3. The molecule has 6 aromatic carbocycles. The van der Waals surface area contributed by atoms with Gasteiger partial charge in [-0.25, -0.2) is 4.39 Å². The summed E-state index contributed by atoms with van der Waals surface area (Å²) < 4.78 is 18.1. The van der Waals surface area contributed by atoms with Crippen molar-refractivity contribution in [1.82, 2.24) is 4.57 Å². The van der Waals surface area contributed by atoms with Crippen LogP contribution in [0.15, 0.2) is 132 Å². The maximum absolute atomic E-state index is 15.4. The minimum absolute atomic E-state index is 0.0103. The first-order valence-corrected chi connectivity index (χ1v) is 17.8. The zero-order valence-corrected chi connectivity index (χ0v) is 31.0. The molecule has 0 atom stereocenters. The third-order valence-corrected chi connectivity index (χ3v) is 10.3. The van der Waals surface area contributed by atoms with Crippen molar-refractivity contribution >= 4 is 66.4 Å². The summed E-state index contributed by atoms with van der Waals surface area (Å²) in [5.41, 5.74) is 10.4. The second-order valence-corrected chi connectivity index (χ2v) is 16.0. The minimum Gasteiger partial charge on any atom is -0.309 e. The number of aromatic nitrogens is 1. The highest BCUT2D eigenvalue weighted by molar-refractivity contribution is 9.10. The first-order valence-electron chi connectivity index (χ1n) is 16.6. The van der Waals surface area contributed by atoms with Crippen molar-refractivity contribution in [2.24, 2.45) is 0 Å². The predicted octanol–water partition coefficient (Wildman–Crippen LogP) is 14.1. The number of rotatable bonds is 5. The third kappa shape index (κ3) is 6.17. The number of fused-ring (bicyclic) bond motifs is 3. The van der Waals surface area contributed by atoms with Gasteiger partial charge in [-0.15, -0.1) is 0 Å². The summed E-state index contributed by atoms with van der Waals surface area (Å²) in [5.74, 6) is -0.424. The molecule has 7 aromatic rings. The van der Waals surface area contributed by atoms with E-state index < -0.39 is 5.82 Å². The van der Waals surface area contributed by atoms with E-state index in [0.717, 1.165) is 39.2 Å². The minimum atomic E-state index is -0.424. The fourth-order valence-electron chi connectivity index (χ4n) is 6.65. The standard InChI is InChI=1S/C44H39BrClFN2/c1-43(2,3)29-19-21-39-35(23-29)36-24-30(44(4,5)6)20-22-40(36)48(39)32-15-12-16-33(27-32)49(41-26-31(46)25-37(47)42(41)45)38-18-11-10-17-34(38)28-13-8-7-9-14-28/h7-27H,1-6H3. The van der Waals surface area contributed by atoms with E-state index in [-0.39, 0.29) is 10.8 Å². The van der Waals surface area contributed by atoms with Crippen molar-refractivity contribution in [2.75, 3.05) is 4.90 Å². The molecule has 2 nitrogen and oxygen atoms in total. The van der Waals surface area contributed by atoms with Gasteiger partial charge in [0.15, 0.2) is 0 Å². The Hall–Kier alpha value is -4.38. The fraction of sp³-hybridized carbons (Fsp3) is 0.182. The molecule has 5 heteroatoms. The molecule has 1 aromatic heterocycles. The molecule has 0 amide bonds. The highest BCUT2D eigenvalue weighted by Crippen LogP contribution is 2.46. The SMILES string of the molecule is CC(C)(C)c1ccc2c(c1)c1cc(C(C)(C)C)ccc1n2-c1cccc(N(c2ccccc2-c2ccccc2)c2cc(Cl)cc(F)c2Br)c1. The van der Waals surface area contributed by atoms with Gasteiger partial charge in [0, 0.05) is 32.7 Å². The molecule has 0 aliphatic rings. The smallest absolute Gasteiger partial charge is 0.140 e. The number of para-hydroxylation sites is 1. The average Bonchev–Trinajstić information content (AvgIpc) is 3.40. The Morgan fingerprint density at radius 3 is 1.82 bits per heavy atom. The Morgan fingerprint density at radius 1 is 0.612 bits per heavy atom. The second-order valence-electron chi connectivity index (χ2n) is 14.8. The number of hydrogen-bond acceptors (Lipinski definition) is 1. The van der Waals surface area contributed by atoms with Crippen molar-refractivity contribution in [1.29, 1.82) is 0 Å². The van der Waals surface area contributed by atoms with Gasteiger partial charge in [-0.1, -0.05) is 120 Å². The van der Waals surface area contributed by atoms with Crippen LogP contribution in [0.2, 0.25) is 5.02 Å². The molecular weight excluding hydrogens is 691 g/mol. The van der Waals surface area contributed by atoms with Crippen LogP contribution in [0.1, 0.15) is 52.7 Å². The maximum atomic E-state index is 15.4. The highest BCUT2D eigenvalue weighted by atomic mass is 79.9. The lowest BCUT2D eigenvalue weighted by Gasteiger charge is -2.29. The molecule has 0 spiro atoms. The van der Waals surface area contributed by atoms with Crippen LogP contribution in [0.4, 0.5) is 21.5 Å². The van der Waals surface area contributed by atoms with Gasteiger partial charge in [0.25, 0.3) is 0 Å². The molecule has 7 rings (SSSR count). The molecule has 246 valence electrons. The summed E-state index contributed by atoms with van der Waals surface area (Å²) in [6, 6.07) is 43.8. The van der Waals surface area contributed by atoms with E-state index in [2.05, 4.69) is 152 Å². The van der Waals surface area contributed by atoms with E-state index in [1.54, 1.807) is 0 Å². The molecule has 0 N–H and O–H groups in total. The molecule has 0 aliphatic carbocycles. The molecule has 0 radical (unpaired) electrons. The summed E-state index contributed by atoms with van der Waals surface area (Å²) in [7, 11) is 0. The predicted molar refractivity (Wildman–Crippen MR) is 211 cm³/mol. The normalized spacial score (nSPS) is 12.2. The van der Waals surface area contributed by atoms with Gasteiger partial charge in [0.05, 0.1) is 26.9 Å². The molecular formula is C44H39BrClFN2. The monoisotopic (exact) mass is 728 g/mol. The van der Waals surface area contributed by atoms with E-state index in [4.69, 9.17) is 11.6 Å². The first kappa shape index (κ1) is 33.1. The molecule has 49 heavy (non-hydrogen) atoms. The van der Waals surface area contributed by atoms with Crippen LogP contribution in [-0.4, -0.2) is 4.57 Å². The Morgan fingerprint density at radius 2 is 1.20 bits per heavy atom. The lowest BCUT2D eigenvalue weighted by atomic mass is 9.85. The van der Waals surface area contributed by atoms with Crippen molar-refractivity contribution in [3.05, 3.63) is 154 Å². The molecule has 0 bridgehead atoms. The number of nitrogens with zero attached hydrogens (tertiary/aromatic N) is 2.